The molecule has 0 saturated carbocycles. The van der Waals surface area contributed by atoms with Crippen molar-refractivity contribution < 1.29 is 38.1 Å². The van der Waals surface area contributed by atoms with E-state index in [0.29, 0.717) is 17.1 Å². The molecule has 1 aliphatic rings. The Morgan fingerprint density at radius 2 is 1.67 bits per heavy atom. The Morgan fingerprint density at radius 3 is 2.21 bits per heavy atom. The predicted octanol–water partition coefficient (Wildman–Crippen LogP) is 0.880. The highest BCUT2D eigenvalue weighted by atomic mass is 16.6. The number of carbonyl (C=O) groups is 3. The Balaban J connectivity index is 2.50. The SMILES string of the molecule is COC(=O)[C@@H]1C(=O)O[C@H](c2ccc(OC)cc2OC)[C@H]1C(=O)OC. The Labute approximate surface area is 138 Å². The van der Waals surface area contributed by atoms with Crippen molar-refractivity contribution in [3.05, 3.63) is 23.8 Å². The monoisotopic (exact) mass is 338 g/mol. The molecule has 1 aromatic rings. The topological polar surface area (TPSA) is 97.4 Å². The van der Waals surface area contributed by atoms with E-state index in [4.69, 9.17) is 18.9 Å². The van der Waals surface area contributed by atoms with E-state index >= 15 is 0 Å². The largest absolute Gasteiger partial charge is 0.497 e. The average Bonchev–Trinajstić information content (AvgIpc) is 2.96. The number of carbonyl (C=O) groups excluding carboxylic acids is 3. The van der Waals surface area contributed by atoms with Gasteiger partial charge in [-0.15, -0.1) is 0 Å². The van der Waals surface area contributed by atoms with Crippen molar-refractivity contribution >= 4 is 17.9 Å². The summed E-state index contributed by atoms with van der Waals surface area (Å²) in [5.41, 5.74) is 0.424. The maximum absolute atomic E-state index is 12.2. The van der Waals surface area contributed by atoms with Crippen molar-refractivity contribution in [3.8, 4) is 11.5 Å². The minimum absolute atomic E-state index is 0.353. The molecular weight excluding hydrogens is 320 g/mol. The number of ether oxygens (including phenoxy) is 5. The second-order valence-electron chi connectivity index (χ2n) is 5.02. The highest BCUT2D eigenvalue weighted by Crippen LogP contribution is 2.44. The van der Waals surface area contributed by atoms with Gasteiger partial charge in [0.15, 0.2) is 5.92 Å². The first-order chi connectivity index (χ1) is 11.5. The normalized spacial score (nSPS) is 22.5. The predicted molar refractivity (Wildman–Crippen MR) is 79.4 cm³/mol. The van der Waals surface area contributed by atoms with Gasteiger partial charge in [-0.25, -0.2) is 0 Å². The van der Waals surface area contributed by atoms with Crippen LogP contribution in [0.25, 0.3) is 0 Å². The van der Waals surface area contributed by atoms with Crippen LogP contribution < -0.4 is 9.47 Å². The zero-order valence-electron chi connectivity index (χ0n) is 13.7. The molecule has 1 heterocycles. The van der Waals surface area contributed by atoms with Crippen molar-refractivity contribution in [1.29, 1.82) is 0 Å². The Bertz CT molecular complexity index is 653. The van der Waals surface area contributed by atoms with Gasteiger partial charge in [0.25, 0.3) is 0 Å². The van der Waals surface area contributed by atoms with Crippen molar-refractivity contribution in [1.82, 2.24) is 0 Å². The first-order valence-electron chi connectivity index (χ1n) is 7.06. The van der Waals surface area contributed by atoms with E-state index in [1.807, 2.05) is 0 Å². The van der Waals surface area contributed by atoms with Crippen LogP contribution in [0.3, 0.4) is 0 Å². The molecule has 0 bridgehead atoms. The Morgan fingerprint density at radius 1 is 1.00 bits per heavy atom. The second-order valence-corrected chi connectivity index (χ2v) is 5.02. The fourth-order valence-corrected chi connectivity index (χ4v) is 2.67. The van der Waals surface area contributed by atoms with Gasteiger partial charge in [0.2, 0.25) is 0 Å². The van der Waals surface area contributed by atoms with Gasteiger partial charge in [0.1, 0.15) is 23.5 Å². The third-order valence-electron chi connectivity index (χ3n) is 3.86. The number of hydrogen-bond donors (Lipinski definition) is 0. The van der Waals surface area contributed by atoms with Gasteiger partial charge >= 0.3 is 17.9 Å². The molecular formula is C16H18O8. The second kappa shape index (κ2) is 7.20. The van der Waals surface area contributed by atoms with Gasteiger partial charge in [-0.2, -0.15) is 0 Å². The van der Waals surface area contributed by atoms with Crippen LogP contribution in [0.1, 0.15) is 11.7 Å². The number of hydrogen-bond acceptors (Lipinski definition) is 8. The number of methoxy groups -OCH3 is 4. The first kappa shape index (κ1) is 17.6. The van der Waals surface area contributed by atoms with Crippen LogP contribution in [0, 0.1) is 11.8 Å². The van der Waals surface area contributed by atoms with Gasteiger partial charge in [-0.1, -0.05) is 0 Å². The maximum atomic E-state index is 12.2. The van der Waals surface area contributed by atoms with Crippen molar-refractivity contribution in [2.45, 2.75) is 6.10 Å². The zero-order valence-corrected chi connectivity index (χ0v) is 13.7. The van der Waals surface area contributed by atoms with Crippen LogP contribution >= 0.6 is 0 Å². The Hall–Kier alpha value is -2.77. The van der Waals surface area contributed by atoms with Crippen LogP contribution in [-0.4, -0.2) is 46.3 Å². The van der Waals surface area contributed by atoms with Crippen LogP contribution in [0.2, 0.25) is 0 Å². The van der Waals surface area contributed by atoms with Crippen LogP contribution in [0.5, 0.6) is 11.5 Å². The number of rotatable bonds is 5. The summed E-state index contributed by atoms with van der Waals surface area (Å²) < 4.78 is 25.0. The lowest BCUT2D eigenvalue weighted by Gasteiger charge is -2.20. The van der Waals surface area contributed by atoms with Gasteiger partial charge in [-0.3, -0.25) is 14.4 Å². The molecule has 2 rings (SSSR count). The lowest BCUT2D eigenvalue weighted by atomic mass is 9.86. The van der Waals surface area contributed by atoms with Crippen molar-refractivity contribution in [3.63, 3.8) is 0 Å². The van der Waals surface area contributed by atoms with E-state index < -0.39 is 35.8 Å². The lowest BCUT2D eigenvalue weighted by molar-refractivity contribution is -0.159. The van der Waals surface area contributed by atoms with E-state index in [1.165, 1.54) is 21.3 Å². The molecule has 0 aliphatic carbocycles. The molecule has 1 aromatic carbocycles. The van der Waals surface area contributed by atoms with Crippen LogP contribution in [-0.2, 0) is 28.6 Å². The molecule has 1 saturated heterocycles. The molecule has 0 radical (unpaired) electrons. The lowest BCUT2D eigenvalue weighted by Crippen LogP contribution is -2.33. The van der Waals surface area contributed by atoms with Gasteiger partial charge in [0, 0.05) is 11.6 Å². The molecule has 0 aromatic heterocycles. The minimum Gasteiger partial charge on any atom is -0.497 e. The van der Waals surface area contributed by atoms with E-state index in [-0.39, 0.29) is 0 Å². The van der Waals surface area contributed by atoms with E-state index in [2.05, 4.69) is 4.74 Å². The first-order valence-corrected chi connectivity index (χ1v) is 7.06. The number of cyclic esters (lactones) is 1. The highest BCUT2D eigenvalue weighted by molar-refractivity contribution is 6.01. The highest BCUT2D eigenvalue weighted by Gasteiger charge is 2.55. The Kier molecular flexibility index (Phi) is 5.28. The quantitative estimate of drug-likeness (QED) is 0.443. The zero-order chi connectivity index (χ0) is 17.9. The molecule has 0 unspecified atom stereocenters. The summed E-state index contributed by atoms with van der Waals surface area (Å²) in [7, 11) is 5.22. The third-order valence-corrected chi connectivity index (χ3v) is 3.86. The van der Waals surface area contributed by atoms with Crippen molar-refractivity contribution in [2.75, 3.05) is 28.4 Å². The molecule has 24 heavy (non-hydrogen) atoms. The molecule has 0 spiro atoms. The maximum Gasteiger partial charge on any atom is 0.322 e. The number of benzene rings is 1. The molecule has 130 valence electrons. The standard InChI is InChI=1S/C16H18O8/c1-20-8-5-6-9(10(7-8)21-2)13-11(14(17)22-3)12(15(18)23-4)16(19)24-13/h5-7,11-13H,1-4H3/t11-,12+,13+/m0/s1. The fraction of sp³-hybridized carbons (Fsp3) is 0.438. The molecule has 0 amide bonds. The van der Waals surface area contributed by atoms with Gasteiger partial charge in [-0.05, 0) is 12.1 Å². The smallest absolute Gasteiger partial charge is 0.322 e. The van der Waals surface area contributed by atoms with Gasteiger partial charge in [0.05, 0.1) is 28.4 Å². The molecule has 8 heteroatoms. The summed E-state index contributed by atoms with van der Waals surface area (Å²) in [6.45, 7) is 0. The molecule has 1 aliphatic heterocycles. The summed E-state index contributed by atoms with van der Waals surface area (Å²) in [5.74, 6) is -4.13. The van der Waals surface area contributed by atoms with Gasteiger partial charge < -0.3 is 23.7 Å². The number of esters is 3. The average molecular weight is 338 g/mol. The van der Waals surface area contributed by atoms with Crippen LogP contribution in [0.4, 0.5) is 0 Å². The van der Waals surface area contributed by atoms with E-state index in [9.17, 15) is 14.4 Å². The molecule has 3 atom stereocenters. The summed E-state index contributed by atoms with van der Waals surface area (Å²) in [4.78, 5) is 36.2. The minimum atomic E-state index is -1.39. The molecule has 8 nitrogen and oxygen atoms in total. The summed E-state index contributed by atoms with van der Waals surface area (Å²) in [6, 6.07) is 4.82. The molecule has 1 fully saturated rings. The molecule has 0 N–H and O–H groups in total. The fourth-order valence-electron chi connectivity index (χ4n) is 2.67. The summed E-state index contributed by atoms with van der Waals surface area (Å²) in [6.07, 6.45) is -1.03. The van der Waals surface area contributed by atoms with Crippen molar-refractivity contribution in [2.24, 2.45) is 11.8 Å². The summed E-state index contributed by atoms with van der Waals surface area (Å²) in [5, 5.41) is 0. The van der Waals surface area contributed by atoms with Crippen LogP contribution in [0.15, 0.2) is 18.2 Å². The summed E-state index contributed by atoms with van der Waals surface area (Å²) >= 11 is 0. The third kappa shape index (κ3) is 2.99. The van der Waals surface area contributed by atoms with E-state index in [0.717, 1.165) is 7.11 Å². The van der Waals surface area contributed by atoms with E-state index in [1.54, 1.807) is 18.2 Å².